The minimum Gasteiger partial charge on any atom is -0.352 e. The van der Waals surface area contributed by atoms with Crippen LogP contribution in [0.2, 0.25) is 5.02 Å². The number of hydrogen-bond donors (Lipinski definition) is 1. The molecule has 0 unspecified atom stereocenters. The Morgan fingerprint density at radius 3 is 2.25 bits per heavy atom. The highest BCUT2D eigenvalue weighted by atomic mass is 35.5. The molecule has 0 radical (unpaired) electrons. The van der Waals surface area contributed by atoms with E-state index in [9.17, 15) is 22.8 Å². The molecule has 0 aliphatic carbocycles. The lowest BCUT2D eigenvalue weighted by molar-refractivity contribution is -0.141. The lowest BCUT2D eigenvalue weighted by Gasteiger charge is -2.32. The molecular formula is C30H32ClN3O5S. The van der Waals surface area contributed by atoms with Gasteiger partial charge < -0.3 is 10.2 Å². The molecule has 8 nitrogen and oxygen atoms in total. The molecule has 2 atom stereocenters. The van der Waals surface area contributed by atoms with E-state index >= 15 is 0 Å². The van der Waals surface area contributed by atoms with Crippen molar-refractivity contribution in [1.29, 1.82) is 0 Å². The third-order valence-corrected chi connectivity index (χ3v) is 9.07. The van der Waals surface area contributed by atoms with Crippen LogP contribution < -0.4 is 5.32 Å². The molecule has 1 aliphatic heterocycles. The Balaban J connectivity index is 1.64. The molecule has 1 heterocycles. The van der Waals surface area contributed by atoms with Gasteiger partial charge in [-0.2, -0.15) is 0 Å². The van der Waals surface area contributed by atoms with Crippen LogP contribution in [0, 0.1) is 0 Å². The fourth-order valence-electron chi connectivity index (χ4n) is 4.57. The summed E-state index contributed by atoms with van der Waals surface area (Å²) < 4.78 is 26.8. The quantitative estimate of drug-likeness (QED) is 0.361. The molecule has 3 aromatic carbocycles. The molecular weight excluding hydrogens is 550 g/mol. The number of amides is 3. The first kappa shape index (κ1) is 29.3. The third-order valence-electron chi connectivity index (χ3n) is 6.98. The minimum atomic E-state index is -4.07. The number of halogens is 1. The summed E-state index contributed by atoms with van der Waals surface area (Å²) in [6, 6.07) is 21.4. The predicted molar refractivity (Wildman–Crippen MR) is 153 cm³/mol. The lowest BCUT2D eigenvalue weighted by Crippen LogP contribution is -2.52. The van der Waals surface area contributed by atoms with Gasteiger partial charge in [0.25, 0.3) is 15.9 Å². The number of nitrogens with zero attached hydrogens (tertiary/aromatic N) is 2. The summed E-state index contributed by atoms with van der Waals surface area (Å²) in [6.45, 7) is 3.61. The highest BCUT2D eigenvalue weighted by Gasteiger charge is 2.41. The molecule has 3 amide bonds. The maximum absolute atomic E-state index is 13.8. The van der Waals surface area contributed by atoms with E-state index in [0.29, 0.717) is 11.4 Å². The van der Waals surface area contributed by atoms with Gasteiger partial charge in [0, 0.05) is 37.0 Å². The molecule has 40 heavy (non-hydrogen) atoms. The first-order valence-corrected chi connectivity index (χ1v) is 15.0. The number of fused-ring (bicyclic) bond motifs is 1. The number of carbonyl (C=O) groups is 3. The number of carbonyl (C=O) groups excluding carboxylic acids is 3. The van der Waals surface area contributed by atoms with Crippen molar-refractivity contribution < 1.29 is 22.8 Å². The summed E-state index contributed by atoms with van der Waals surface area (Å²) in [6.07, 6.45) is 0.688. The Morgan fingerprint density at radius 1 is 0.950 bits per heavy atom. The molecule has 0 fully saturated rings. The van der Waals surface area contributed by atoms with E-state index in [0.717, 1.165) is 15.4 Å². The van der Waals surface area contributed by atoms with E-state index in [1.807, 2.05) is 44.2 Å². The number of sulfonamides is 1. The van der Waals surface area contributed by atoms with Crippen LogP contribution in [0.5, 0.6) is 0 Å². The first-order chi connectivity index (χ1) is 19.1. The highest BCUT2D eigenvalue weighted by molar-refractivity contribution is 7.90. The van der Waals surface area contributed by atoms with Crippen molar-refractivity contribution in [1.82, 2.24) is 14.5 Å². The van der Waals surface area contributed by atoms with Crippen molar-refractivity contribution in [3.63, 3.8) is 0 Å². The van der Waals surface area contributed by atoms with Crippen molar-refractivity contribution in [2.45, 2.75) is 56.6 Å². The predicted octanol–water partition coefficient (Wildman–Crippen LogP) is 4.43. The van der Waals surface area contributed by atoms with Gasteiger partial charge in [0.15, 0.2) is 0 Å². The zero-order chi connectivity index (χ0) is 28.9. The normalized spacial score (nSPS) is 15.3. The van der Waals surface area contributed by atoms with Crippen LogP contribution >= 0.6 is 11.6 Å². The molecule has 0 saturated heterocycles. The molecule has 1 N–H and O–H groups in total. The number of benzene rings is 3. The molecule has 3 aromatic rings. The summed E-state index contributed by atoms with van der Waals surface area (Å²) in [5.41, 5.74) is 1.71. The van der Waals surface area contributed by atoms with E-state index in [1.165, 1.54) is 17.0 Å². The molecule has 0 aromatic heterocycles. The van der Waals surface area contributed by atoms with Gasteiger partial charge in [0.1, 0.15) is 10.9 Å². The van der Waals surface area contributed by atoms with Crippen LogP contribution in [0.25, 0.3) is 0 Å². The summed E-state index contributed by atoms with van der Waals surface area (Å²) in [5, 5.41) is 3.53. The van der Waals surface area contributed by atoms with Gasteiger partial charge in [-0.05, 0) is 48.7 Å². The van der Waals surface area contributed by atoms with Crippen LogP contribution in [-0.4, -0.2) is 54.0 Å². The molecule has 1 aliphatic rings. The van der Waals surface area contributed by atoms with E-state index in [1.54, 1.807) is 36.4 Å². The second-order valence-electron chi connectivity index (χ2n) is 9.80. The maximum Gasteiger partial charge on any atom is 0.269 e. The largest absolute Gasteiger partial charge is 0.352 e. The Labute approximate surface area is 240 Å². The zero-order valence-electron chi connectivity index (χ0n) is 22.4. The van der Waals surface area contributed by atoms with Gasteiger partial charge in [0.2, 0.25) is 11.8 Å². The average molecular weight is 582 g/mol. The van der Waals surface area contributed by atoms with Gasteiger partial charge >= 0.3 is 0 Å². The Kier molecular flexibility index (Phi) is 9.27. The van der Waals surface area contributed by atoms with Crippen LogP contribution in [0.15, 0.2) is 83.8 Å². The van der Waals surface area contributed by atoms with Crippen molar-refractivity contribution in [3.05, 3.63) is 101 Å². The second-order valence-corrected chi connectivity index (χ2v) is 12.1. The Morgan fingerprint density at radius 2 is 1.60 bits per heavy atom. The Bertz CT molecular complexity index is 1480. The van der Waals surface area contributed by atoms with Gasteiger partial charge in [0.05, 0.1) is 5.56 Å². The molecule has 4 rings (SSSR count). The van der Waals surface area contributed by atoms with Crippen molar-refractivity contribution in [2.24, 2.45) is 0 Å². The zero-order valence-corrected chi connectivity index (χ0v) is 24.0. The number of nitrogens with one attached hydrogen (secondary N) is 1. The lowest BCUT2D eigenvalue weighted by atomic mass is 10.0. The molecule has 0 saturated carbocycles. The number of rotatable bonds is 11. The third kappa shape index (κ3) is 6.54. The first-order valence-electron chi connectivity index (χ1n) is 13.2. The molecule has 10 heteroatoms. The summed E-state index contributed by atoms with van der Waals surface area (Å²) in [7, 11) is -4.07. The Hall–Kier alpha value is -3.69. The van der Waals surface area contributed by atoms with Gasteiger partial charge in [-0.1, -0.05) is 73.1 Å². The average Bonchev–Trinajstić information content (AvgIpc) is 3.15. The summed E-state index contributed by atoms with van der Waals surface area (Å²) in [4.78, 5) is 41.7. The standard InChI is InChI=1S/C30H32ClN3O5S/c1-3-21(2)32-29(36)26(19-22-9-5-4-6-10-22)33(20-23-13-15-24(31)16-14-23)28(35)17-18-34-30(37)25-11-7-8-12-27(25)40(34,38)39/h4-16,21,26H,3,17-20H2,1-2H3,(H,32,36)/t21-,26-/m0/s1. The van der Waals surface area contributed by atoms with Crippen LogP contribution in [0.1, 0.15) is 48.2 Å². The van der Waals surface area contributed by atoms with Crippen LogP contribution in [0.3, 0.4) is 0 Å². The molecule has 0 bridgehead atoms. The second kappa shape index (κ2) is 12.7. The SMILES string of the molecule is CC[C@H](C)NC(=O)[C@H](Cc1ccccc1)N(Cc1ccc(Cl)cc1)C(=O)CCN1C(=O)c2ccccc2S1(=O)=O. The maximum atomic E-state index is 13.8. The van der Waals surface area contributed by atoms with Crippen LogP contribution in [-0.2, 0) is 32.6 Å². The minimum absolute atomic E-state index is 0.0691. The fraction of sp³-hybridized carbons (Fsp3) is 0.300. The van der Waals surface area contributed by atoms with Gasteiger partial charge in [-0.25, -0.2) is 12.7 Å². The molecule has 210 valence electrons. The van der Waals surface area contributed by atoms with Crippen molar-refractivity contribution in [2.75, 3.05) is 6.54 Å². The van der Waals surface area contributed by atoms with Crippen molar-refractivity contribution in [3.8, 4) is 0 Å². The van der Waals surface area contributed by atoms with Gasteiger partial charge in [-0.3, -0.25) is 14.4 Å². The van der Waals surface area contributed by atoms with E-state index in [2.05, 4.69) is 5.32 Å². The molecule has 0 spiro atoms. The topological polar surface area (TPSA) is 104 Å². The van der Waals surface area contributed by atoms with Crippen LogP contribution in [0.4, 0.5) is 0 Å². The number of hydrogen-bond acceptors (Lipinski definition) is 5. The van der Waals surface area contributed by atoms with E-state index in [-0.39, 0.29) is 48.3 Å². The summed E-state index contributed by atoms with van der Waals surface area (Å²) in [5.74, 6) is -1.42. The smallest absolute Gasteiger partial charge is 0.269 e. The highest BCUT2D eigenvalue weighted by Crippen LogP contribution is 2.30. The van der Waals surface area contributed by atoms with E-state index < -0.39 is 27.9 Å². The van der Waals surface area contributed by atoms with Crippen molar-refractivity contribution >= 4 is 39.3 Å². The summed E-state index contributed by atoms with van der Waals surface area (Å²) >= 11 is 6.07. The fourth-order valence-corrected chi connectivity index (χ4v) is 6.27. The monoisotopic (exact) mass is 581 g/mol. The van der Waals surface area contributed by atoms with Gasteiger partial charge in [-0.15, -0.1) is 0 Å². The van der Waals surface area contributed by atoms with E-state index in [4.69, 9.17) is 11.6 Å².